The molecule has 9 nitrogen and oxygen atoms in total. The first kappa shape index (κ1) is 24.4. The normalized spacial score (nSPS) is 16.8. The highest BCUT2D eigenvalue weighted by Gasteiger charge is 2.31. The third-order valence-corrected chi connectivity index (χ3v) is 9.34. The van der Waals surface area contributed by atoms with Crippen molar-refractivity contribution in [3.8, 4) is 10.9 Å². The number of amides is 1. The number of piperidine rings is 1. The first-order valence-corrected chi connectivity index (χ1v) is 14.0. The second kappa shape index (κ2) is 9.64. The van der Waals surface area contributed by atoms with Crippen molar-refractivity contribution in [2.24, 2.45) is 0 Å². The van der Waals surface area contributed by atoms with Gasteiger partial charge >= 0.3 is 0 Å². The molecule has 1 aliphatic rings. The first-order chi connectivity index (χ1) is 17.3. The van der Waals surface area contributed by atoms with E-state index in [0.717, 1.165) is 35.2 Å². The molecule has 1 fully saturated rings. The highest BCUT2D eigenvalue weighted by molar-refractivity contribution is 7.89. The fourth-order valence-electron chi connectivity index (χ4n) is 4.38. The quantitative estimate of drug-likeness (QED) is 0.394. The number of hydrogen-bond donors (Lipinski definition) is 1. The van der Waals surface area contributed by atoms with Gasteiger partial charge in [-0.1, -0.05) is 17.8 Å². The molecule has 2 aromatic heterocycles. The number of nitrogens with zero attached hydrogens (tertiary/aromatic N) is 4. The van der Waals surface area contributed by atoms with Gasteiger partial charge in [0.25, 0.3) is 5.91 Å². The van der Waals surface area contributed by atoms with Crippen molar-refractivity contribution in [2.45, 2.75) is 44.0 Å². The summed E-state index contributed by atoms with van der Waals surface area (Å²) in [7, 11) is -1.99. The Morgan fingerprint density at radius 1 is 1.14 bits per heavy atom. The predicted octanol–water partition coefficient (Wildman–Crippen LogP) is 4.61. The van der Waals surface area contributed by atoms with E-state index in [1.54, 1.807) is 22.2 Å². The standard InChI is InChI=1S/C25H27N5O4S2/c1-16-14-23(30(28-16)25-26-21-15-19(34-3)9-12-22(21)35-25)27-24(31)18-7-10-20(11-8-18)36(32,33)29-13-5-4-6-17(29)2/h7-12,14-15,17H,4-6,13H2,1-3H3,(H,27,31). The molecule has 0 radical (unpaired) electrons. The number of methoxy groups -OCH3 is 1. The Morgan fingerprint density at radius 3 is 2.64 bits per heavy atom. The Bertz CT molecular complexity index is 1530. The lowest BCUT2D eigenvalue weighted by Crippen LogP contribution is -2.41. The van der Waals surface area contributed by atoms with Crippen LogP contribution in [0.2, 0.25) is 0 Å². The van der Waals surface area contributed by atoms with E-state index in [1.807, 2.05) is 32.0 Å². The molecular weight excluding hydrogens is 498 g/mol. The topological polar surface area (TPSA) is 106 Å². The number of benzene rings is 2. The molecule has 1 N–H and O–H groups in total. The van der Waals surface area contributed by atoms with Crippen molar-refractivity contribution in [1.29, 1.82) is 0 Å². The Kier molecular flexibility index (Phi) is 6.54. The van der Waals surface area contributed by atoms with Gasteiger partial charge in [-0.15, -0.1) is 0 Å². The van der Waals surface area contributed by atoms with Crippen LogP contribution in [-0.2, 0) is 10.0 Å². The largest absolute Gasteiger partial charge is 0.497 e. The van der Waals surface area contributed by atoms with Gasteiger partial charge in [-0.3, -0.25) is 4.79 Å². The maximum Gasteiger partial charge on any atom is 0.256 e. The average molecular weight is 526 g/mol. The van der Waals surface area contributed by atoms with Gasteiger partial charge in [-0.2, -0.15) is 14.1 Å². The lowest BCUT2D eigenvalue weighted by Gasteiger charge is -2.32. The molecule has 188 valence electrons. The van der Waals surface area contributed by atoms with Crippen LogP contribution in [-0.4, -0.2) is 53.1 Å². The fourth-order valence-corrected chi connectivity index (χ4v) is 6.99. The molecule has 36 heavy (non-hydrogen) atoms. The van der Waals surface area contributed by atoms with E-state index in [1.165, 1.54) is 35.6 Å². The Morgan fingerprint density at radius 2 is 1.92 bits per heavy atom. The molecule has 0 bridgehead atoms. The summed E-state index contributed by atoms with van der Waals surface area (Å²) in [5.41, 5.74) is 1.85. The number of rotatable bonds is 6. The molecule has 5 rings (SSSR count). The Hall–Kier alpha value is -3.28. The summed E-state index contributed by atoms with van der Waals surface area (Å²) in [4.78, 5) is 17.9. The lowest BCUT2D eigenvalue weighted by atomic mass is 10.1. The zero-order chi connectivity index (χ0) is 25.4. The van der Waals surface area contributed by atoms with E-state index in [4.69, 9.17) is 4.74 Å². The molecule has 0 saturated carbocycles. The summed E-state index contributed by atoms with van der Waals surface area (Å²) in [5.74, 6) is 0.821. The minimum absolute atomic E-state index is 0.0288. The van der Waals surface area contributed by atoms with Crippen molar-refractivity contribution < 1.29 is 17.9 Å². The van der Waals surface area contributed by atoms with E-state index < -0.39 is 10.0 Å². The second-order valence-corrected chi connectivity index (χ2v) is 11.8. The molecule has 0 spiro atoms. The number of fused-ring (bicyclic) bond motifs is 1. The zero-order valence-corrected chi connectivity index (χ0v) is 21.9. The molecule has 11 heteroatoms. The molecule has 1 atom stereocenters. The van der Waals surface area contributed by atoms with Gasteiger partial charge in [-0.25, -0.2) is 13.4 Å². The number of ether oxygens (including phenoxy) is 1. The summed E-state index contributed by atoms with van der Waals surface area (Å²) in [5, 5.41) is 8.00. The highest BCUT2D eigenvalue weighted by Crippen LogP contribution is 2.30. The number of aryl methyl sites for hydroxylation is 1. The number of aromatic nitrogens is 3. The van der Waals surface area contributed by atoms with Crippen molar-refractivity contribution in [3.63, 3.8) is 0 Å². The van der Waals surface area contributed by atoms with Crippen LogP contribution in [0.15, 0.2) is 53.4 Å². The van der Waals surface area contributed by atoms with Gasteiger partial charge in [0.2, 0.25) is 15.2 Å². The summed E-state index contributed by atoms with van der Waals surface area (Å²) >= 11 is 1.45. The van der Waals surface area contributed by atoms with Gasteiger partial charge in [0.05, 0.1) is 27.9 Å². The van der Waals surface area contributed by atoms with E-state index in [2.05, 4.69) is 15.4 Å². The third kappa shape index (κ3) is 4.61. The highest BCUT2D eigenvalue weighted by atomic mass is 32.2. The van der Waals surface area contributed by atoms with Gasteiger partial charge < -0.3 is 10.1 Å². The fraction of sp³-hybridized carbons (Fsp3) is 0.320. The van der Waals surface area contributed by atoms with Gasteiger partial charge in [0.1, 0.15) is 11.6 Å². The molecule has 3 heterocycles. The van der Waals surface area contributed by atoms with E-state index >= 15 is 0 Å². The number of hydrogen-bond acceptors (Lipinski definition) is 7. The monoisotopic (exact) mass is 525 g/mol. The summed E-state index contributed by atoms with van der Waals surface area (Å²) < 4.78 is 35.6. The number of carbonyl (C=O) groups is 1. The number of carbonyl (C=O) groups excluding carboxylic acids is 1. The van der Waals surface area contributed by atoms with Crippen LogP contribution in [0.4, 0.5) is 5.82 Å². The predicted molar refractivity (Wildman–Crippen MR) is 140 cm³/mol. The second-order valence-electron chi connectivity index (χ2n) is 8.85. The molecule has 1 amide bonds. The zero-order valence-electron chi connectivity index (χ0n) is 20.3. The lowest BCUT2D eigenvalue weighted by molar-refractivity contribution is 0.102. The van der Waals surface area contributed by atoms with Crippen LogP contribution in [0.3, 0.4) is 0 Å². The molecule has 1 aliphatic heterocycles. The van der Waals surface area contributed by atoms with Crippen molar-refractivity contribution in [3.05, 3.63) is 59.8 Å². The maximum atomic E-state index is 13.1. The van der Waals surface area contributed by atoms with Crippen LogP contribution in [0, 0.1) is 6.92 Å². The Labute approximate surface area is 213 Å². The van der Waals surface area contributed by atoms with Crippen LogP contribution < -0.4 is 10.1 Å². The average Bonchev–Trinajstić information content (AvgIpc) is 3.46. The number of nitrogens with one attached hydrogen (secondary N) is 1. The Balaban J connectivity index is 1.37. The van der Waals surface area contributed by atoms with Crippen molar-refractivity contribution >= 4 is 43.3 Å². The molecule has 0 aliphatic carbocycles. The summed E-state index contributed by atoms with van der Waals surface area (Å²) in [6.07, 6.45) is 2.75. The van der Waals surface area contributed by atoms with Crippen LogP contribution in [0.25, 0.3) is 15.3 Å². The number of sulfonamides is 1. The minimum Gasteiger partial charge on any atom is -0.497 e. The minimum atomic E-state index is -3.60. The maximum absolute atomic E-state index is 13.1. The molecule has 4 aromatic rings. The molecule has 1 saturated heterocycles. The van der Waals surface area contributed by atoms with E-state index in [-0.39, 0.29) is 16.8 Å². The molecule has 2 aromatic carbocycles. The third-order valence-electron chi connectivity index (χ3n) is 6.30. The summed E-state index contributed by atoms with van der Waals surface area (Å²) in [6.45, 7) is 4.29. The van der Waals surface area contributed by atoms with Crippen LogP contribution in [0.5, 0.6) is 5.75 Å². The van der Waals surface area contributed by atoms with Crippen molar-refractivity contribution in [2.75, 3.05) is 19.0 Å². The number of anilines is 1. The molecular formula is C25H27N5O4S2. The van der Waals surface area contributed by atoms with Gasteiger partial charge in [0.15, 0.2) is 0 Å². The van der Waals surface area contributed by atoms with Crippen LogP contribution >= 0.6 is 11.3 Å². The van der Waals surface area contributed by atoms with Gasteiger partial charge in [0, 0.05) is 30.3 Å². The SMILES string of the molecule is COc1ccc2sc(-n3nc(C)cc3NC(=O)c3ccc(S(=O)(=O)N4CCCCC4C)cc3)nc2c1. The smallest absolute Gasteiger partial charge is 0.256 e. The first-order valence-electron chi connectivity index (χ1n) is 11.7. The van der Waals surface area contributed by atoms with Crippen LogP contribution in [0.1, 0.15) is 42.2 Å². The summed E-state index contributed by atoms with van der Waals surface area (Å²) in [6, 6.07) is 13.5. The van der Waals surface area contributed by atoms with E-state index in [0.29, 0.717) is 28.8 Å². The van der Waals surface area contributed by atoms with Crippen molar-refractivity contribution in [1.82, 2.24) is 19.1 Å². The number of thiazole rings is 1. The molecule has 1 unspecified atom stereocenters. The van der Waals surface area contributed by atoms with Gasteiger partial charge in [-0.05, 0) is 63.1 Å². The van der Waals surface area contributed by atoms with E-state index in [9.17, 15) is 13.2 Å².